The Labute approximate surface area is 128 Å². The summed E-state index contributed by atoms with van der Waals surface area (Å²) in [6.45, 7) is 1.19. The minimum atomic E-state index is -1.13. The molecule has 6 N–H and O–H groups in total. The number of hydrogen-bond acceptors (Lipinski definition) is 6. The molecule has 0 aromatic heterocycles. The van der Waals surface area contributed by atoms with Crippen molar-refractivity contribution in [2.75, 3.05) is 19.6 Å². The van der Waals surface area contributed by atoms with Gasteiger partial charge in [-0.3, -0.25) is 19.3 Å². The fraction of sp³-hybridized carbons (Fsp3) is 0.769. The third kappa shape index (κ3) is 5.58. The number of nitrogens with zero attached hydrogens (tertiary/aromatic N) is 1. The van der Waals surface area contributed by atoms with Gasteiger partial charge in [0.05, 0.1) is 0 Å². The number of likely N-dealkylation sites (tertiary alicyclic amines) is 1. The molecule has 1 fully saturated rings. The Morgan fingerprint density at radius 2 is 1.86 bits per heavy atom. The van der Waals surface area contributed by atoms with Gasteiger partial charge < -0.3 is 26.4 Å². The monoisotopic (exact) mass is 317 g/mol. The molecule has 0 radical (unpaired) electrons. The zero-order valence-corrected chi connectivity index (χ0v) is 12.3. The van der Waals surface area contributed by atoms with Crippen molar-refractivity contribution >= 4 is 17.9 Å². The zero-order valence-electron chi connectivity index (χ0n) is 12.3. The lowest BCUT2D eigenvalue weighted by atomic mass is 10.1. The maximum absolute atomic E-state index is 11.2. The first-order valence-electron chi connectivity index (χ1n) is 7.24. The molecule has 1 aliphatic heterocycles. The highest BCUT2D eigenvalue weighted by atomic mass is 16.4. The molecule has 0 aromatic rings. The molecule has 0 spiro atoms. The Morgan fingerprint density at radius 3 is 2.41 bits per heavy atom. The van der Waals surface area contributed by atoms with Crippen LogP contribution in [0.4, 0.5) is 0 Å². The summed E-state index contributed by atoms with van der Waals surface area (Å²) in [5, 5.41) is 29.6. The van der Waals surface area contributed by atoms with E-state index in [-0.39, 0.29) is 19.4 Å². The summed E-state index contributed by atoms with van der Waals surface area (Å²) in [5.74, 6) is -3.06. The van der Waals surface area contributed by atoms with Crippen LogP contribution in [-0.2, 0) is 14.4 Å². The van der Waals surface area contributed by atoms with Crippen LogP contribution in [0.3, 0.4) is 0 Å². The van der Waals surface area contributed by atoms with Crippen molar-refractivity contribution in [2.45, 2.75) is 43.8 Å². The second-order valence-corrected chi connectivity index (χ2v) is 5.40. The van der Waals surface area contributed by atoms with E-state index in [2.05, 4.69) is 5.32 Å². The highest BCUT2D eigenvalue weighted by Gasteiger charge is 2.31. The van der Waals surface area contributed by atoms with Gasteiger partial charge >= 0.3 is 17.9 Å². The fourth-order valence-electron chi connectivity index (χ4n) is 2.52. The van der Waals surface area contributed by atoms with E-state index in [0.717, 1.165) is 6.42 Å². The molecular formula is C13H23N3O6. The predicted octanol–water partition coefficient (Wildman–Crippen LogP) is -1.23. The first-order chi connectivity index (χ1) is 10.3. The predicted molar refractivity (Wildman–Crippen MR) is 76.5 cm³/mol. The normalized spacial score (nSPS) is 21.4. The van der Waals surface area contributed by atoms with E-state index in [1.165, 1.54) is 0 Å². The van der Waals surface area contributed by atoms with Crippen molar-refractivity contribution in [3.63, 3.8) is 0 Å². The molecule has 3 atom stereocenters. The minimum absolute atomic E-state index is 0.126. The number of nitrogens with one attached hydrogen (secondary N) is 1. The Balaban J connectivity index is 2.39. The topological polar surface area (TPSA) is 153 Å². The smallest absolute Gasteiger partial charge is 0.320 e. The van der Waals surface area contributed by atoms with Crippen molar-refractivity contribution < 1.29 is 29.7 Å². The Kier molecular flexibility index (Phi) is 7.22. The second kappa shape index (κ2) is 8.66. The SMILES string of the molecule is N[C@@H](CCN[C@@H](CCN1CCC[C@H]1C(=O)O)C(=O)O)C(=O)O. The quantitative estimate of drug-likeness (QED) is 0.333. The third-order valence-electron chi connectivity index (χ3n) is 3.82. The maximum Gasteiger partial charge on any atom is 0.320 e. The van der Waals surface area contributed by atoms with Crippen LogP contribution >= 0.6 is 0 Å². The summed E-state index contributed by atoms with van der Waals surface area (Å²) in [7, 11) is 0. The molecule has 1 saturated heterocycles. The number of nitrogens with two attached hydrogens (primary N) is 1. The van der Waals surface area contributed by atoms with E-state index in [9.17, 15) is 14.4 Å². The highest BCUT2D eigenvalue weighted by Crippen LogP contribution is 2.17. The lowest BCUT2D eigenvalue weighted by Crippen LogP contribution is -2.44. The molecule has 1 aliphatic rings. The molecule has 0 amide bonds. The van der Waals surface area contributed by atoms with Gasteiger partial charge in [0.2, 0.25) is 0 Å². The molecule has 1 rings (SSSR count). The zero-order chi connectivity index (χ0) is 16.7. The fourth-order valence-corrected chi connectivity index (χ4v) is 2.52. The molecule has 126 valence electrons. The maximum atomic E-state index is 11.2. The standard InChI is InChI=1S/C13H23N3O6/c14-8(11(17)18)3-5-15-9(12(19)20)4-7-16-6-1-2-10(16)13(21)22/h8-10,15H,1-7,14H2,(H,17,18)(H,19,20)(H,21,22)/t8-,9-,10-/m0/s1. The van der Waals surface area contributed by atoms with E-state index in [1.807, 2.05) is 0 Å². The van der Waals surface area contributed by atoms with Gasteiger partial charge in [-0.25, -0.2) is 0 Å². The third-order valence-corrected chi connectivity index (χ3v) is 3.82. The van der Waals surface area contributed by atoms with Crippen LogP contribution in [0.25, 0.3) is 0 Å². The molecule has 0 aliphatic carbocycles. The Morgan fingerprint density at radius 1 is 1.18 bits per heavy atom. The lowest BCUT2D eigenvalue weighted by molar-refractivity contribution is -0.142. The van der Waals surface area contributed by atoms with Gasteiger partial charge in [-0.1, -0.05) is 0 Å². The van der Waals surface area contributed by atoms with Crippen molar-refractivity contribution in [1.82, 2.24) is 10.2 Å². The van der Waals surface area contributed by atoms with Crippen LogP contribution in [0.5, 0.6) is 0 Å². The van der Waals surface area contributed by atoms with Crippen LogP contribution in [0.1, 0.15) is 25.7 Å². The highest BCUT2D eigenvalue weighted by molar-refractivity contribution is 5.74. The summed E-state index contributed by atoms with van der Waals surface area (Å²) >= 11 is 0. The van der Waals surface area contributed by atoms with Gasteiger partial charge in [0.25, 0.3) is 0 Å². The first-order valence-corrected chi connectivity index (χ1v) is 7.24. The summed E-state index contributed by atoms with van der Waals surface area (Å²) in [6.07, 6.45) is 1.74. The van der Waals surface area contributed by atoms with E-state index in [4.69, 9.17) is 21.1 Å². The molecule has 0 aromatic carbocycles. The summed E-state index contributed by atoms with van der Waals surface area (Å²) < 4.78 is 0. The number of hydrogen-bond donors (Lipinski definition) is 5. The van der Waals surface area contributed by atoms with Crippen molar-refractivity contribution in [2.24, 2.45) is 5.73 Å². The van der Waals surface area contributed by atoms with Gasteiger partial charge in [-0.2, -0.15) is 0 Å². The number of rotatable bonds is 10. The molecule has 9 nitrogen and oxygen atoms in total. The summed E-state index contributed by atoms with van der Waals surface area (Å²) in [6, 6.07) is -2.43. The van der Waals surface area contributed by atoms with Gasteiger partial charge in [-0.05, 0) is 38.8 Å². The number of carboxylic acids is 3. The van der Waals surface area contributed by atoms with Gasteiger partial charge in [0.1, 0.15) is 18.1 Å². The number of aliphatic carboxylic acids is 3. The van der Waals surface area contributed by atoms with Gasteiger partial charge in [-0.15, -0.1) is 0 Å². The minimum Gasteiger partial charge on any atom is -0.480 e. The van der Waals surface area contributed by atoms with Crippen LogP contribution < -0.4 is 11.1 Å². The van der Waals surface area contributed by atoms with Crippen molar-refractivity contribution in [3.8, 4) is 0 Å². The van der Waals surface area contributed by atoms with E-state index in [0.29, 0.717) is 19.5 Å². The van der Waals surface area contributed by atoms with Crippen molar-refractivity contribution in [1.29, 1.82) is 0 Å². The largest absolute Gasteiger partial charge is 0.480 e. The summed E-state index contributed by atoms with van der Waals surface area (Å²) in [5.41, 5.74) is 5.34. The Hall–Kier alpha value is -1.71. The number of carbonyl (C=O) groups is 3. The van der Waals surface area contributed by atoms with Gasteiger partial charge in [0.15, 0.2) is 0 Å². The van der Waals surface area contributed by atoms with E-state index >= 15 is 0 Å². The first kappa shape index (κ1) is 18.3. The van der Waals surface area contributed by atoms with Crippen molar-refractivity contribution in [3.05, 3.63) is 0 Å². The van der Waals surface area contributed by atoms with Crippen LogP contribution in [-0.4, -0.2) is 75.9 Å². The molecule has 0 saturated carbocycles. The molecule has 1 heterocycles. The Bertz CT molecular complexity index is 417. The van der Waals surface area contributed by atoms with E-state index in [1.54, 1.807) is 4.90 Å². The molecule has 0 unspecified atom stereocenters. The van der Waals surface area contributed by atoms with Gasteiger partial charge in [0, 0.05) is 6.54 Å². The number of carboxylic acid groups (broad SMARTS) is 3. The second-order valence-electron chi connectivity index (χ2n) is 5.40. The van der Waals surface area contributed by atoms with E-state index < -0.39 is 36.0 Å². The molecule has 0 bridgehead atoms. The van der Waals surface area contributed by atoms with Crippen LogP contribution in [0.2, 0.25) is 0 Å². The average Bonchev–Trinajstić information content (AvgIpc) is 2.90. The molecule has 9 heteroatoms. The lowest BCUT2D eigenvalue weighted by Gasteiger charge is -2.23. The molecular weight excluding hydrogens is 294 g/mol. The van der Waals surface area contributed by atoms with Crippen LogP contribution in [0.15, 0.2) is 0 Å². The average molecular weight is 317 g/mol. The summed E-state index contributed by atoms with van der Waals surface area (Å²) in [4.78, 5) is 34.6. The molecule has 22 heavy (non-hydrogen) atoms. The van der Waals surface area contributed by atoms with Crippen LogP contribution in [0, 0.1) is 0 Å².